The van der Waals surface area contributed by atoms with Crippen LogP contribution in [0.2, 0.25) is 0 Å². The highest BCUT2D eigenvalue weighted by molar-refractivity contribution is 5.78. The van der Waals surface area contributed by atoms with Gasteiger partial charge in [-0.05, 0) is 19.3 Å². The number of aliphatic hydroxyl groups is 1. The normalized spacial score (nSPS) is 24.6. The van der Waals surface area contributed by atoms with Crippen molar-refractivity contribution in [2.45, 2.75) is 64.4 Å². The van der Waals surface area contributed by atoms with Crippen LogP contribution in [0.5, 0.6) is 0 Å². The summed E-state index contributed by atoms with van der Waals surface area (Å²) in [6, 6.07) is 0. The number of unbranched alkanes of at least 4 members (excludes halogenated alkanes) is 2. The minimum Gasteiger partial charge on any atom is -0.481 e. The molecule has 0 saturated carbocycles. The number of hydrogen-bond acceptors (Lipinski definition) is 3. The molecule has 0 aliphatic carbocycles. The van der Waals surface area contributed by atoms with Gasteiger partial charge in [0.25, 0.3) is 0 Å². The number of likely N-dealkylation sites (tertiary alicyclic amines) is 1. The van der Waals surface area contributed by atoms with E-state index in [0.29, 0.717) is 25.7 Å². The number of Topliss-reactive ketones (excluding diaryl/α,β-unsaturated/α-hetero) is 1. The molecule has 1 aliphatic heterocycles. The van der Waals surface area contributed by atoms with Gasteiger partial charge in [0.05, 0.1) is 13.1 Å². The Kier molecular flexibility index (Phi) is 7.89. The first-order chi connectivity index (χ1) is 9.97. The van der Waals surface area contributed by atoms with E-state index in [0.717, 1.165) is 37.1 Å². The minimum atomic E-state index is -0.791. The second kappa shape index (κ2) is 9.15. The third-order valence-corrected chi connectivity index (χ3v) is 4.37. The summed E-state index contributed by atoms with van der Waals surface area (Å²) in [7, 11) is 0. The summed E-state index contributed by atoms with van der Waals surface area (Å²) in [4.78, 5) is 22.1. The number of carbonyl (C=O) groups is 2. The van der Waals surface area contributed by atoms with Crippen LogP contribution in [0.3, 0.4) is 0 Å². The number of ketones is 1. The Bertz CT molecular complexity index is 337. The predicted octanol–water partition coefficient (Wildman–Crippen LogP) is 1.97. The van der Waals surface area contributed by atoms with Crippen LogP contribution in [0.15, 0.2) is 0 Å². The van der Waals surface area contributed by atoms with E-state index < -0.39 is 5.97 Å². The van der Waals surface area contributed by atoms with E-state index >= 15 is 0 Å². The first-order valence-corrected chi connectivity index (χ1v) is 8.24. The maximum absolute atomic E-state index is 11.8. The number of quaternary nitrogens is 1. The summed E-state index contributed by atoms with van der Waals surface area (Å²) in [5.41, 5.74) is 0. The molecule has 1 fully saturated rings. The standard InChI is InChI=1S/C16H29NO4/c1-2-3-10-17(12-15(19)13-17)11-6-8-14(18)7-4-5-9-16(20)21/h15,19H,2-13H2,1H3/p+1. The highest BCUT2D eigenvalue weighted by Crippen LogP contribution is 2.23. The van der Waals surface area contributed by atoms with E-state index in [4.69, 9.17) is 5.11 Å². The molecule has 0 aromatic rings. The summed E-state index contributed by atoms with van der Waals surface area (Å²) < 4.78 is 0.974. The predicted molar refractivity (Wildman–Crippen MR) is 81.0 cm³/mol. The van der Waals surface area contributed by atoms with Gasteiger partial charge in [-0.1, -0.05) is 13.3 Å². The number of carbonyl (C=O) groups excluding carboxylic acids is 1. The molecular weight excluding hydrogens is 270 g/mol. The molecule has 0 radical (unpaired) electrons. The third-order valence-electron chi connectivity index (χ3n) is 4.37. The van der Waals surface area contributed by atoms with Crippen molar-refractivity contribution in [3.05, 3.63) is 0 Å². The first kappa shape index (κ1) is 18.1. The van der Waals surface area contributed by atoms with Crippen LogP contribution in [-0.4, -0.2) is 58.7 Å². The Labute approximate surface area is 127 Å². The topological polar surface area (TPSA) is 74.6 Å². The minimum absolute atomic E-state index is 0.155. The van der Waals surface area contributed by atoms with E-state index in [1.54, 1.807) is 0 Å². The molecule has 0 spiro atoms. The Balaban J connectivity index is 2.13. The number of aliphatic carboxylic acids is 1. The average Bonchev–Trinajstić information content (AvgIpc) is 2.39. The van der Waals surface area contributed by atoms with Gasteiger partial charge in [0.2, 0.25) is 0 Å². The van der Waals surface area contributed by atoms with Gasteiger partial charge < -0.3 is 14.7 Å². The second-order valence-electron chi connectivity index (χ2n) is 6.40. The summed E-state index contributed by atoms with van der Waals surface area (Å²) in [5, 5.41) is 18.1. The van der Waals surface area contributed by atoms with Crippen LogP contribution in [0.4, 0.5) is 0 Å². The van der Waals surface area contributed by atoms with E-state index in [1.807, 2.05) is 0 Å². The zero-order valence-corrected chi connectivity index (χ0v) is 13.2. The molecule has 1 rings (SSSR count). The molecule has 2 N–H and O–H groups in total. The molecule has 5 heteroatoms. The van der Waals surface area contributed by atoms with E-state index in [-0.39, 0.29) is 18.3 Å². The lowest BCUT2D eigenvalue weighted by molar-refractivity contribution is -0.972. The fraction of sp³-hybridized carbons (Fsp3) is 0.875. The number of rotatable bonds is 12. The van der Waals surface area contributed by atoms with Gasteiger partial charge in [-0.15, -0.1) is 0 Å². The molecule has 122 valence electrons. The monoisotopic (exact) mass is 300 g/mol. The smallest absolute Gasteiger partial charge is 0.303 e. The SMILES string of the molecule is CCCC[N+]1(CCCC(=O)CCCCC(=O)O)CC(O)C1. The number of carboxylic acids is 1. The molecule has 21 heavy (non-hydrogen) atoms. The van der Waals surface area contributed by atoms with Crippen LogP contribution in [0, 0.1) is 0 Å². The lowest BCUT2D eigenvalue weighted by Crippen LogP contribution is -2.67. The van der Waals surface area contributed by atoms with E-state index in [1.165, 1.54) is 12.8 Å². The quantitative estimate of drug-likeness (QED) is 0.427. The van der Waals surface area contributed by atoms with Crippen molar-refractivity contribution in [3.8, 4) is 0 Å². The Morgan fingerprint density at radius 1 is 1.00 bits per heavy atom. The molecule has 0 atom stereocenters. The third kappa shape index (κ3) is 7.05. The van der Waals surface area contributed by atoms with Gasteiger partial charge in [-0.25, -0.2) is 0 Å². The van der Waals surface area contributed by atoms with Gasteiger partial charge in [-0.3, -0.25) is 9.59 Å². The number of carboxylic acid groups (broad SMARTS) is 1. The number of aliphatic hydroxyl groups excluding tert-OH is 1. The van der Waals surface area contributed by atoms with Crippen molar-refractivity contribution in [2.24, 2.45) is 0 Å². The zero-order valence-electron chi connectivity index (χ0n) is 13.2. The van der Waals surface area contributed by atoms with Crippen LogP contribution in [-0.2, 0) is 9.59 Å². The molecule has 1 heterocycles. The first-order valence-electron chi connectivity index (χ1n) is 8.24. The Morgan fingerprint density at radius 3 is 2.14 bits per heavy atom. The molecule has 0 aromatic heterocycles. The molecular formula is C16H30NO4+. The van der Waals surface area contributed by atoms with Crippen molar-refractivity contribution in [3.63, 3.8) is 0 Å². The molecule has 0 amide bonds. The van der Waals surface area contributed by atoms with Crippen molar-refractivity contribution < 1.29 is 24.3 Å². The maximum atomic E-state index is 11.8. The summed E-state index contributed by atoms with van der Waals surface area (Å²) in [5.74, 6) is -0.545. The van der Waals surface area contributed by atoms with Gasteiger partial charge in [0, 0.05) is 25.7 Å². The molecule has 5 nitrogen and oxygen atoms in total. The van der Waals surface area contributed by atoms with Crippen molar-refractivity contribution in [2.75, 3.05) is 26.2 Å². The van der Waals surface area contributed by atoms with Gasteiger partial charge in [0.15, 0.2) is 6.10 Å². The van der Waals surface area contributed by atoms with Crippen molar-refractivity contribution >= 4 is 11.8 Å². The van der Waals surface area contributed by atoms with Gasteiger partial charge >= 0.3 is 5.97 Å². The van der Waals surface area contributed by atoms with Crippen molar-refractivity contribution in [1.82, 2.24) is 0 Å². The molecule has 0 unspecified atom stereocenters. The van der Waals surface area contributed by atoms with Crippen LogP contribution < -0.4 is 0 Å². The summed E-state index contributed by atoms with van der Waals surface area (Å²) in [6.45, 7) is 5.95. The lowest BCUT2D eigenvalue weighted by Gasteiger charge is -2.48. The van der Waals surface area contributed by atoms with Crippen LogP contribution in [0.1, 0.15) is 58.3 Å². The summed E-state index contributed by atoms with van der Waals surface area (Å²) >= 11 is 0. The van der Waals surface area contributed by atoms with Crippen LogP contribution in [0.25, 0.3) is 0 Å². The van der Waals surface area contributed by atoms with Gasteiger partial charge in [-0.2, -0.15) is 0 Å². The summed E-state index contributed by atoms with van der Waals surface area (Å²) in [6.07, 6.45) is 5.59. The van der Waals surface area contributed by atoms with E-state index in [9.17, 15) is 14.7 Å². The Morgan fingerprint density at radius 2 is 1.57 bits per heavy atom. The second-order valence-corrected chi connectivity index (χ2v) is 6.40. The highest BCUT2D eigenvalue weighted by Gasteiger charge is 2.41. The molecule has 1 saturated heterocycles. The number of nitrogens with zero attached hydrogens (tertiary/aromatic N) is 1. The fourth-order valence-electron chi connectivity index (χ4n) is 3.15. The number of hydrogen-bond donors (Lipinski definition) is 2. The molecule has 0 aromatic carbocycles. The average molecular weight is 300 g/mol. The lowest BCUT2D eigenvalue weighted by atomic mass is 10.0. The van der Waals surface area contributed by atoms with Gasteiger partial charge in [0.1, 0.15) is 18.9 Å². The van der Waals surface area contributed by atoms with Crippen molar-refractivity contribution in [1.29, 1.82) is 0 Å². The molecule has 0 bridgehead atoms. The fourth-order valence-corrected chi connectivity index (χ4v) is 3.15. The molecule has 1 aliphatic rings. The van der Waals surface area contributed by atoms with E-state index in [2.05, 4.69) is 6.92 Å². The highest BCUT2D eigenvalue weighted by atomic mass is 16.4. The zero-order chi connectivity index (χ0) is 15.7. The Hall–Kier alpha value is -0.940. The maximum Gasteiger partial charge on any atom is 0.303 e. The van der Waals surface area contributed by atoms with Crippen LogP contribution >= 0.6 is 0 Å². The largest absolute Gasteiger partial charge is 0.481 e.